The van der Waals surface area contributed by atoms with Crippen molar-refractivity contribution < 1.29 is 22.9 Å². The van der Waals surface area contributed by atoms with Crippen LogP contribution in [0.1, 0.15) is 41.9 Å². The van der Waals surface area contributed by atoms with Crippen LogP contribution >= 0.6 is 0 Å². The van der Waals surface area contributed by atoms with Crippen LogP contribution in [0.15, 0.2) is 18.5 Å². The van der Waals surface area contributed by atoms with Gasteiger partial charge in [-0.2, -0.15) is 18.3 Å². The monoisotopic (exact) mass is 467 g/mol. The van der Waals surface area contributed by atoms with Crippen LogP contribution in [0.5, 0.6) is 0 Å². The number of rotatable bonds is 5. The van der Waals surface area contributed by atoms with Crippen LogP contribution in [0.25, 0.3) is 0 Å². The number of hydrogen-bond donors (Lipinski definition) is 2. The van der Waals surface area contributed by atoms with E-state index in [1.54, 1.807) is 17.8 Å². The van der Waals surface area contributed by atoms with E-state index in [9.17, 15) is 28.1 Å². The molecule has 1 fully saturated rings. The number of alkyl halides is 3. The highest BCUT2D eigenvalue weighted by molar-refractivity contribution is 6.02. The second kappa shape index (κ2) is 8.87. The molecule has 1 saturated carbocycles. The molecule has 13 heteroatoms. The molecule has 178 valence electrons. The van der Waals surface area contributed by atoms with Crippen LogP contribution < -0.4 is 15.5 Å². The maximum atomic E-state index is 13.2. The van der Waals surface area contributed by atoms with Gasteiger partial charge in [-0.15, -0.1) is 0 Å². The number of benzene rings is 1. The molecule has 1 amide bonds. The molecule has 0 radical (unpaired) electrons. The van der Waals surface area contributed by atoms with Crippen LogP contribution in [-0.2, 0) is 13.1 Å². The average molecular weight is 467 g/mol. The van der Waals surface area contributed by atoms with E-state index in [0.717, 1.165) is 0 Å². The number of hydrogen-bond acceptors (Lipinski definition) is 7. The first-order chi connectivity index (χ1) is 15.7. The van der Waals surface area contributed by atoms with Gasteiger partial charge in [0.15, 0.2) is 0 Å². The van der Waals surface area contributed by atoms with Gasteiger partial charge < -0.3 is 15.5 Å². The molecule has 0 bridgehead atoms. The number of nitro groups is 1. The van der Waals surface area contributed by atoms with Crippen molar-refractivity contribution in [3.8, 4) is 0 Å². The molecule has 2 aliphatic rings. The normalized spacial score (nSPS) is 20.8. The minimum atomic E-state index is -4.24. The zero-order valence-electron chi connectivity index (χ0n) is 17.9. The quantitative estimate of drug-likeness (QED) is 0.512. The third-order valence-electron chi connectivity index (χ3n) is 6.30. The predicted octanol–water partition coefficient (Wildman–Crippen LogP) is 3.10. The van der Waals surface area contributed by atoms with Crippen LogP contribution in [-0.4, -0.2) is 51.4 Å². The SMILES string of the molecule is CNc1cc(N2CCn3ncnc3C2)c(C(=O)NC2CCC(C(F)(F)F)CC2)cc1[N+](=O)[O-]. The molecular formula is C20H24F3N7O3. The van der Waals surface area contributed by atoms with Crippen LogP contribution in [0.4, 0.5) is 30.2 Å². The number of carbonyl (C=O) groups is 1. The summed E-state index contributed by atoms with van der Waals surface area (Å²) in [5.41, 5.74) is 0.587. The highest BCUT2D eigenvalue weighted by Crippen LogP contribution is 2.38. The van der Waals surface area contributed by atoms with Crippen molar-refractivity contribution in [2.24, 2.45) is 5.92 Å². The molecule has 0 unspecified atom stereocenters. The third-order valence-corrected chi connectivity index (χ3v) is 6.30. The fraction of sp³-hybridized carbons (Fsp3) is 0.550. The molecule has 1 aliphatic carbocycles. The Morgan fingerprint density at radius 2 is 1.94 bits per heavy atom. The maximum absolute atomic E-state index is 13.2. The Morgan fingerprint density at radius 1 is 1.21 bits per heavy atom. The lowest BCUT2D eigenvalue weighted by Gasteiger charge is -2.32. The van der Waals surface area contributed by atoms with E-state index in [1.165, 1.54) is 12.4 Å². The van der Waals surface area contributed by atoms with Gasteiger partial charge in [0.2, 0.25) is 0 Å². The summed E-state index contributed by atoms with van der Waals surface area (Å²) in [7, 11) is 1.55. The smallest absolute Gasteiger partial charge is 0.383 e. The van der Waals surface area contributed by atoms with Gasteiger partial charge in [-0.25, -0.2) is 9.67 Å². The van der Waals surface area contributed by atoms with Crippen molar-refractivity contribution in [1.82, 2.24) is 20.1 Å². The van der Waals surface area contributed by atoms with Crippen molar-refractivity contribution in [3.63, 3.8) is 0 Å². The standard InChI is InChI=1S/C20H24F3N7O3/c1-24-15-9-16(28-6-7-29-18(10-28)25-11-26-29)14(8-17(15)30(32)33)19(31)27-13-4-2-12(3-5-13)20(21,22)23/h8-9,11-13,24H,2-7,10H2,1H3,(H,27,31). The number of nitrogens with zero attached hydrogens (tertiary/aromatic N) is 5. The highest BCUT2D eigenvalue weighted by Gasteiger charge is 2.41. The van der Waals surface area contributed by atoms with Gasteiger partial charge >= 0.3 is 6.18 Å². The van der Waals surface area contributed by atoms with Crippen molar-refractivity contribution >= 4 is 23.0 Å². The van der Waals surface area contributed by atoms with Crippen LogP contribution in [0.3, 0.4) is 0 Å². The van der Waals surface area contributed by atoms with Gasteiger partial charge in [-0.05, 0) is 31.7 Å². The summed E-state index contributed by atoms with van der Waals surface area (Å²) in [5, 5.41) is 21.3. The van der Waals surface area contributed by atoms with Gasteiger partial charge in [-0.3, -0.25) is 14.9 Å². The summed E-state index contributed by atoms with van der Waals surface area (Å²) in [6, 6.07) is 2.35. The van der Waals surface area contributed by atoms with Crippen LogP contribution in [0.2, 0.25) is 0 Å². The number of fused-ring (bicyclic) bond motifs is 1. The summed E-state index contributed by atoms with van der Waals surface area (Å²) in [6.45, 7) is 1.40. The molecule has 10 nitrogen and oxygen atoms in total. The molecule has 0 saturated heterocycles. The number of aromatic nitrogens is 3. The number of amides is 1. The molecule has 0 atom stereocenters. The lowest BCUT2D eigenvalue weighted by Crippen LogP contribution is -2.41. The number of nitro benzene ring substituents is 1. The van der Waals surface area contributed by atoms with E-state index < -0.39 is 29.0 Å². The Bertz CT molecular complexity index is 1050. The number of carbonyl (C=O) groups excluding carboxylic acids is 1. The van der Waals surface area contributed by atoms with Gasteiger partial charge in [0, 0.05) is 25.7 Å². The summed E-state index contributed by atoms with van der Waals surface area (Å²) in [6.07, 6.45) is -2.49. The highest BCUT2D eigenvalue weighted by atomic mass is 19.4. The van der Waals surface area contributed by atoms with Crippen molar-refractivity contribution in [2.75, 3.05) is 23.8 Å². The largest absolute Gasteiger partial charge is 0.391 e. The van der Waals surface area contributed by atoms with Gasteiger partial charge in [0.05, 0.1) is 35.2 Å². The summed E-state index contributed by atoms with van der Waals surface area (Å²) in [5.74, 6) is -1.20. The van der Waals surface area contributed by atoms with E-state index in [1.807, 2.05) is 4.90 Å². The molecular weight excluding hydrogens is 443 g/mol. The second-order valence-corrected chi connectivity index (χ2v) is 8.28. The molecule has 2 N–H and O–H groups in total. The van der Waals surface area contributed by atoms with Gasteiger partial charge in [-0.1, -0.05) is 0 Å². The summed E-state index contributed by atoms with van der Waals surface area (Å²) < 4.78 is 40.6. The van der Waals surface area contributed by atoms with Gasteiger partial charge in [0.1, 0.15) is 17.8 Å². The average Bonchev–Trinajstić information content (AvgIpc) is 3.25. The molecule has 4 rings (SSSR count). The Labute approximate surface area is 187 Å². The first kappa shape index (κ1) is 22.8. The van der Waals surface area contributed by atoms with Crippen molar-refractivity contribution in [3.05, 3.63) is 40.0 Å². The molecule has 33 heavy (non-hydrogen) atoms. The lowest BCUT2D eigenvalue weighted by atomic mass is 9.85. The predicted molar refractivity (Wildman–Crippen MR) is 113 cm³/mol. The summed E-state index contributed by atoms with van der Waals surface area (Å²) in [4.78, 5) is 30.3. The molecule has 0 spiro atoms. The van der Waals surface area contributed by atoms with Gasteiger partial charge in [0.25, 0.3) is 11.6 Å². The molecule has 1 aliphatic heterocycles. The molecule has 1 aromatic heterocycles. The fourth-order valence-corrected chi connectivity index (χ4v) is 4.47. The maximum Gasteiger partial charge on any atom is 0.391 e. The van der Waals surface area contributed by atoms with E-state index >= 15 is 0 Å². The van der Waals surface area contributed by atoms with E-state index in [0.29, 0.717) is 31.1 Å². The first-order valence-electron chi connectivity index (χ1n) is 10.7. The molecule has 1 aromatic carbocycles. The minimum Gasteiger partial charge on any atom is -0.383 e. The van der Waals surface area contributed by atoms with Crippen molar-refractivity contribution in [2.45, 2.75) is 51.0 Å². The zero-order valence-corrected chi connectivity index (χ0v) is 17.9. The number of halogens is 3. The summed E-state index contributed by atoms with van der Waals surface area (Å²) >= 11 is 0. The van der Waals surface area contributed by atoms with E-state index in [4.69, 9.17) is 0 Å². The first-order valence-corrected chi connectivity index (χ1v) is 10.7. The Hall–Kier alpha value is -3.38. The molecule has 2 heterocycles. The van der Waals surface area contributed by atoms with E-state index in [2.05, 4.69) is 20.7 Å². The third kappa shape index (κ3) is 4.71. The topological polar surface area (TPSA) is 118 Å². The Kier molecular flexibility index (Phi) is 6.13. The Morgan fingerprint density at radius 3 is 2.58 bits per heavy atom. The second-order valence-electron chi connectivity index (χ2n) is 8.28. The van der Waals surface area contributed by atoms with Crippen LogP contribution in [0, 0.1) is 16.0 Å². The Balaban J connectivity index is 1.60. The number of nitrogens with one attached hydrogen (secondary N) is 2. The zero-order chi connectivity index (χ0) is 23.8. The van der Waals surface area contributed by atoms with Crippen molar-refractivity contribution in [1.29, 1.82) is 0 Å². The fourth-order valence-electron chi connectivity index (χ4n) is 4.47. The number of anilines is 2. The minimum absolute atomic E-state index is 0.0536. The van der Waals surface area contributed by atoms with E-state index in [-0.39, 0.29) is 42.6 Å². The lowest BCUT2D eigenvalue weighted by molar-refractivity contribution is -0.384. The molecule has 2 aromatic rings.